The molecule has 0 spiro atoms. The molecule has 0 saturated heterocycles. The number of anilines is 2. The van der Waals surface area contributed by atoms with E-state index in [2.05, 4.69) is 9.97 Å². The van der Waals surface area contributed by atoms with Gasteiger partial charge >= 0.3 is 5.97 Å². The number of hydrogen-bond donors (Lipinski definition) is 2. The van der Waals surface area contributed by atoms with E-state index < -0.39 is 5.97 Å². The van der Waals surface area contributed by atoms with Gasteiger partial charge in [0.25, 0.3) is 0 Å². The van der Waals surface area contributed by atoms with E-state index in [1.54, 1.807) is 26.3 Å². The van der Waals surface area contributed by atoms with Crippen LogP contribution in [-0.4, -0.2) is 36.8 Å². The van der Waals surface area contributed by atoms with E-state index in [9.17, 15) is 4.79 Å². The summed E-state index contributed by atoms with van der Waals surface area (Å²) in [6.45, 7) is 2.05. The van der Waals surface area contributed by atoms with Crippen LogP contribution < -0.4 is 20.9 Å². The van der Waals surface area contributed by atoms with Crippen LogP contribution in [0, 0.1) is 0 Å². The molecule has 4 N–H and O–H groups in total. The Labute approximate surface area is 151 Å². The fourth-order valence-electron chi connectivity index (χ4n) is 2.42. The molecule has 0 amide bonds. The van der Waals surface area contributed by atoms with Crippen LogP contribution in [-0.2, 0) is 16.0 Å². The minimum atomic E-state index is -0.435. The second kappa shape index (κ2) is 8.70. The standard InChI is InChI=1S/C18H22N4O4/c1-4-26-15(23)6-5-12-7-11(9-14(24-2)16(12)25-3)8-13-10-21-18(20)22-17(13)19/h5-7,9-10H,4,8H2,1-3H3,(H4,19,20,21,22)/b6-5+. The summed E-state index contributed by atoms with van der Waals surface area (Å²) < 4.78 is 15.7. The predicted octanol–water partition coefficient (Wildman–Crippen LogP) is 1.83. The zero-order valence-electron chi connectivity index (χ0n) is 15.0. The molecule has 8 nitrogen and oxygen atoms in total. The van der Waals surface area contributed by atoms with Gasteiger partial charge in [-0.15, -0.1) is 0 Å². The molecule has 2 rings (SSSR count). The number of rotatable bonds is 7. The fourth-order valence-corrected chi connectivity index (χ4v) is 2.42. The summed E-state index contributed by atoms with van der Waals surface area (Å²) in [7, 11) is 3.08. The van der Waals surface area contributed by atoms with Crippen molar-refractivity contribution in [2.45, 2.75) is 13.3 Å². The number of nitrogens with zero attached hydrogens (tertiary/aromatic N) is 2. The molecule has 1 heterocycles. The minimum absolute atomic E-state index is 0.122. The monoisotopic (exact) mass is 358 g/mol. The number of carbonyl (C=O) groups excluding carboxylic acids is 1. The Morgan fingerprint density at radius 3 is 2.62 bits per heavy atom. The Balaban J connectivity index is 2.40. The van der Waals surface area contributed by atoms with Crippen LogP contribution in [0.25, 0.3) is 6.08 Å². The molecule has 0 bridgehead atoms. The smallest absolute Gasteiger partial charge is 0.330 e. The molecular formula is C18H22N4O4. The van der Waals surface area contributed by atoms with E-state index in [0.717, 1.165) is 11.1 Å². The summed E-state index contributed by atoms with van der Waals surface area (Å²) in [5.41, 5.74) is 13.7. The molecule has 1 aromatic carbocycles. The lowest BCUT2D eigenvalue weighted by molar-refractivity contribution is -0.137. The van der Waals surface area contributed by atoms with Crippen molar-refractivity contribution < 1.29 is 19.0 Å². The van der Waals surface area contributed by atoms with E-state index in [1.165, 1.54) is 13.2 Å². The molecule has 0 radical (unpaired) electrons. The molecule has 138 valence electrons. The molecule has 0 unspecified atom stereocenters. The van der Waals surface area contributed by atoms with Crippen LogP contribution in [0.3, 0.4) is 0 Å². The van der Waals surface area contributed by atoms with Crippen molar-refractivity contribution in [1.29, 1.82) is 0 Å². The maximum atomic E-state index is 11.6. The minimum Gasteiger partial charge on any atom is -0.493 e. The zero-order valence-corrected chi connectivity index (χ0v) is 15.0. The lowest BCUT2D eigenvalue weighted by atomic mass is 10.0. The number of ether oxygens (including phenoxy) is 3. The van der Waals surface area contributed by atoms with Gasteiger partial charge in [0.2, 0.25) is 5.95 Å². The molecule has 8 heteroatoms. The zero-order chi connectivity index (χ0) is 19.1. The van der Waals surface area contributed by atoms with Crippen LogP contribution in [0.4, 0.5) is 11.8 Å². The third-order valence-corrected chi connectivity index (χ3v) is 3.56. The summed E-state index contributed by atoms with van der Waals surface area (Å²) >= 11 is 0. The van der Waals surface area contributed by atoms with Crippen molar-refractivity contribution in [2.75, 3.05) is 32.3 Å². The maximum absolute atomic E-state index is 11.6. The lowest BCUT2D eigenvalue weighted by Crippen LogP contribution is -2.04. The van der Waals surface area contributed by atoms with E-state index in [0.29, 0.717) is 35.9 Å². The molecule has 0 aliphatic carbocycles. The number of carbonyl (C=O) groups is 1. The van der Waals surface area contributed by atoms with Crippen LogP contribution >= 0.6 is 0 Å². The summed E-state index contributed by atoms with van der Waals surface area (Å²) in [5, 5.41) is 0. The van der Waals surface area contributed by atoms with E-state index in [-0.39, 0.29) is 5.95 Å². The molecule has 26 heavy (non-hydrogen) atoms. The molecular weight excluding hydrogens is 336 g/mol. The van der Waals surface area contributed by atoms with E-state index in [4.69, 9.17) is 25.7 Å². The number of aromatic nitrogens is 2. The highest BCUT2D eigenvalue weighted by molar-refractivity contribution is 5.88. The van der Waals surface area contributed by atoms with Gasteiger partial charge < -0.3 is 25.7 Å². The second-order valence-corrected chi connectivity index (χ2v) is 5.32. The molecule has 0 atom stereocenters. The quantitative estimate of drug-likeness (QED) is 0.567. The summed E-state index contributed by atoms with van der Waals surface area (Å²) in [4.78, 5) is 19.5. The molecule has 2 aromatic rings. The second-order valence-electron chi connectivity index (χ2n) is 5.32. The SMILES string of the molecule is CCOC(=O)/C=C/c1cc(Cc2cnc(N)nc2N)cc(OC)c1OC. The number of hydrogen-bond acceptors (Lipinski definition) is 8. The summed E-state index contributed by atoms with van der Waals surface area (Å²) in [5.74, 6) is 1.05. The van der Waals surface area contributed by atoms with Crippen LogP contribution in [0.15, 0.2) is 24.4 Å². The molecule has 1 aromatic heterocycles. The number of benzene rings is 1. The van der Waals surface area contributed by atoms with Crippen molar-refractivity contribution in [3.05, 3.63) is 41.1 Å². The Morgan fingerprint density at radius 1 is 1.23 bits per heavy atom. The predicted molar refractivity (Wildman–Crippen MR) is 98.9 cm³/mol. The van der Waals surface area contributed by atoms with Crippen molar-refractivity contribution in [3.63, 3.8) is 0 Å². The van der Waals surface area contributed by atoms with Crippen molar-refractivity contribution in [1.82, 2.24) is 9.97 Å². The highest BCUT2D eigenvalue weighted by Crippen LogP contribution is 2.34. The lowest BCUT2D eigenvalue weighted by Gasteiger charge is -2.14. The highest BCUT2D eigenvalue weighted by Gasteiger charge is 2.13. The van der Waals surface area contributed by atoms with Gasteiger partial charge in [0.1, 0.15) is 5.82 Å². The van der Waals surface area contributed by atoms with Gasteiger partial charge in [-0.2, -0.15) is 4.98 Å². The number of nitrogen functional groups attached to an aromatic ring is 2. The van der Waals surface area contributed by atoms with Crippen molar-refractivity contribution in [3.8, 4) is 11.5 Å². The normalized spacial score (nSPS) is 10.7. The number of nitrogens with two attached hydrogens (primary N) is 2. The fraction of sp³-hybridized carbons (Fsp3) is 0.278. The Bertz CT molecular complexity index is 821. The Hall–Kier alpha value is -3.29. The van der Waals surface area contributed by atoms with E-state index in [1.807, 2.05) is 12.1 Å². The van der Waals surface area contributed by atoms with Gasteiger partial charge in [0.15, 0.2) is 11.5 Å². The van der Waals surface area contributed by atoms with Crippen LogP contribution in [0.5, 0.6) is 11.5 Å². The van der Waals surface area contributed by atoms with Gasteiger partial charge in [-0.3, -0.25) is 0 Å². The van der Waals surface area contributed by atoms with Crippen molar-refractivity contribution >= 4 is 23.8 Å². The summed E-state index contributed by atoms with van der Waals surface area (Å²) in [6.07, 6.45) is 5.01. The molecule has 0 saturated carbocycles. The highest BCUT2D eigenvalue weighted by atomic mass is 16.5. The van der Waals surface area contributed by atoms with Gasteiger partial charge in [-0.25, -0.2) is 9.78 Å². The first-order chi connectivity index (χ1) is 12.5. The number of methoxy groups -OCH3 is 2. The average Bonchev–Trinajstić information content (AvgIpc) is 2.62. The largest absolute Gasteiger partial charge is 0.493 e. The summed E-state index contributed by atoms with van der Waals surface area (Å²) in [6, 6.07) is 3.70. The first kappa shape index (κ1) is 19.0. The molecule has 0 aliphatic rings. The Kier molecular flexibility index (Phi) is 6.37. The van der Waals surface area contributed by atoms with Gasteiger partial charge in [-0.1, -0.05) is 0 Å². The third-order valence-electron chi connectivity index (χ3n) is 3.56. The third kappa shape index (κ3) is 4.62. The van der Waals surface area contributed by atoms with Crippen LogP contribution in [0.2, 0.25) is 0 Å². The Morgan fingerprint density at radius 2 is 2.00 bits per heavy atom. The molecule has 0 aliphatic heterocycles. The first-order valence-electron chi connectivity index (χ1n) is 7.95. The van der Waals surface area contributed by atoms with Crippen molar-refractivity contribution in [2.24, 2.45) is 0 Å². The van der Waals surface area contributed by atoms with E-state index >= 15 is 0 Å². The van der Waals surface area contributed by atoms with Gasteiger partial charge in [0, 0.05) is 29.8 Å². The maximum Gasteiger partial charge on any atom is 0.330 e. The topological polar surface area (TPSA) is 123 Å². The molecule has 0 fully saturated rings. The first-order valence-corrected chi connectivity index (χ1v) is 7.95. The number of esters is 1. The van der Waals surface area contributed by atoms with Gasteiger partial charge in [0.05, 0.1) is 20.8 Å². The van der Waals surface area contributed by atoms with Crippen LogP contribution in [0.1, 0.15) is 23.6 Å². The van der Waals surface area contributed by atoms with Gasteiger partial charge in [-0.05, 0) is 30.7 Å². The average molecular weight is 358 g/mol.